The van der Waals surface area contributed by atoms with Crippen LogP contribution >= 0.6 is 0 Å². The van der Waals surface area contributed by atoms with Gasteiger partial charge < -0.3 is 11.1 Å². The van der Waals surface area contributed by atoms with Crippen LogP contribution in [0, 0.1) is 5.41 Å². The number of carbonyl (C=O) groups is 1. The Kier molecular flexibility index (Phi) is 5.29. The number of nitrogens with two attached hydrogens (primary N) is 1. The van der Waals surface area contributed by atoms with Crippen molar-refractivity contribution in [2.45, 2.75) is 59.4 Å². The van der Waals surface area contributed by atoms with Gasteiger partial charge in [-0.1, -0.05) is 20.8 Å². The molecule has 0 aliphatic carbocycles. The summed E-state index contributed by atoms with van der Waals surface area (Å²) in [6, 6.07) is 0. The van der Waals surface area contributed by atoms with Gasteiger partial charge in [-0.05, 0) is 32.1 Å². The average Bonchev–Trinajstić information content (AvgIpc) is 2.10. The molecular weight excluding hydrogens is 188 g/mol. The monoisotopic (exact) mass is 214 g/mol. The number of nitrogens with one attached hydrogen (secondary N) is 1. The van der Waals surface area contributed by atoms with Crippen molar-refractivity contribution >= 4 is 5.91 Å². The summed E-state index contributed by atoms with van der Waals surface area (Å²) in [4.78, 5) is 11.5. The molecular formula is C12H26N2O. The van der Waals surface area contributed by atoms with Gasteiger partial charge in [-0.25, -0.2) is 0 Å². The zero-order valence-electron chi connectivity index (χ0n) is 10.8. The van der Waals surface area contributed by atoms with Crippen LogP contribution in [0.2, 0.25) is 0 Å². The highest BCUT2D eigenvalue weighted by Gasteiger charge is 2.17. The van der Waals surface area contributed by atoms with Gasteiger partial charge in [0.1, 0.15) is 0 Å². The predicted molar refractivity (Wildman–Crippen MR) is 64.6 cm³/mol. The second kappa shape index (κ2) is 5.50. The van der Waals surface area contributed by atoms with Crippen LogP contribution in [-0.2, 0) is 4.79 Å². The van der Waals surface area contributed by atoms with E-state index < -0.39 is 0 Å². The van der Waals surface area contributed by atoms with Crippen LogP contribution in [0.15, 0.2) is 0 Å². The van der Waals surface area contributed by atoms with E-state index >= 15 is 0 Å². The van der Waals surface area contributed by atoms with Gasteiger partial charge in [-0.2, -0.15) is 0 Å². The summed E-state index contributed by atoms with van der Waals surface area (Å²) in [5.41, 5.74) is 5.75. The smallest absolute Gasteiger partial charge is 0.220 e. The van der Waals surface area contributed by atoms with Gasteiger partial charge >= 0.3 is 0 Å². The quantitative estimate of drug-likeness (QED) is 0.711. The highest BCUT2D eigenvalue weighted by Crippen LogP contribution is 2.17. The van der Waals surface area contributed by atoms with Crippen LogP contribution in [0.3, 0.4) is 0 Å². The third-order valence-electron chi connectivity index (χ3n) is 2.72. The van der Waals surface area contributed by atoms with E-state index in [1.165, 1.54) is 0 Å². The highest BCUT2D eigenvalue weighted by atomic mass is 16.1. The van der Waals surface area contributed by atoms with Gasteiger partial charge in [-0.3, -0.25) is 4.79 Å². The van der Waals surface area contributed by atoms with Gasteiger partial charge in [-0.15, -0.1) is 0 Å². The predicted octanol–water partition coefficient (Wildman–Crippen LogP) is 2.06. The molecule has 3 nitrogen and oxygen atoms in total. The van der Waals surface area contributed by atoms with Crippen LogP contribution in [0.25, 0.3) is 0 Å². The van der Waals surface area contributed by atoms with Crippen LogP contribution in [0.5, 0.6) is 0 Å². The Hall–Kier alpha value is -0.570. The Bertz CT molecular complexity index is 204. The molecule has 0 fully saturated rings. The van der Waals surface area contributed by atoms with Gasteiger partial charge in [0.05, 0.1) is 0 Å². The minimum atomic E-state index is -0.252. The van der Waals surface area contributed by atoms with Crippen molar-refractivity contribution in [2.24, 2.45) is 11.1 Å². The first-order valence-electron chi connectivity index (χ1n) is 5.72. The molecule has 15 heavy (non-hydrogen) atoms. The van der Waals surface area contributed by atoms with E-state index in [0.29, 0.717) is 6.42 Å². The van der Waals surface area contributed by atoms with Crippen LogP contribution in [-0.4, -0.2) is 18.0 Å². The molecule has 0 rings (SSSR count). The van der Waals surface area contributed by atoms with E-state index in [0.717, 1.165) is 19.4 Å². The van der Waals surface area contributed by atoms with Crippen molar-refractivity contribution < 1.29 is 4.79 Å². The molecule has 0 spiro atoms. The molecule has 3 heteroatoms. The summed E-state index contributed by atoms with van der Waals surface area (Å²) < 4.78 is 0. The van der Waals surface area contributed by atoms with E-state index in [4.69, 9.17) is 5.73 Å². The highest BCUT2D eigenvalue weighted by molar-refractivity contribution is 5.75. The van der Waals surface area contributed by atoms with Gasteiger partial charge in [0, 0.05) is 18.5 Å². The lowest BCUT2D eigenvalue weighted by Crippen LogP contribution is -2.37. The first-order valence-corrected chi connectivity index (χ1v) is 5.72. The molecule has 0 aromatic carbocycles. The largest absolute Gasteiger partial charge is 0.356 e. The van der Waals surface area contributed by atoms with E-state index in [-0.39, 0.29) is 16.9 Å². The minimum absolute atomic E-state index is 0.107. The maximum atomic E-state index is 11.5. The van der Waals surface area contributed by atoms with Crippen molar-refractivity contribution in [1.82, 2.24) is 5.32 Å². The summed E-state index contributed by atoms with van der Waals surface area (Å²) in [5.74, 6) is 0.107. The fourth-order valence-corrected chi connectivity index (χ4v) is 0.987. The Labute approximate surface area is 93.8 Å². The molecule has 0 bridgehead atoms. The van der Waals surface area contributed by atoms with Crippen molar-refractivity contribution in [3.63, 3.8) is 0 Å². The van der Waals surface area contributed by atoms with Crippen molar-refractivity contribution in [3.05, 3.63) is 0 Å². The Morgan fingerprint density at radius 2 is 1.80 bits per heavy atom. The molecule has 0 saturated heterocycles. The first kappa shape index (κ1) is 14.4. The first-order chi connectivity index (χ1) is 6.66. The zero-order chi connectivity index (χ0) is 12.1. The summed E-state index contributed by atoms with van der Waals surface area (Å²) in [7, 11) is 0. The normalized spacial score (nSPS) is 12.7. The second-order valence-corrected chi connectivity index (χ2v) is 5.78. The van der Waals surface area contributed by atoms with Gasteiger partial charge in [0.2, 0.25) is 5.91 Å². The lowest BCUT2D eigenvalue weighted by molar-refractivity contribution is -0.121. The lowest BCUT2D eigenvalue weighted by Gasteiger charge is -2.23. The van der Waals surface area contributed by atoms with Gasteiger partial charge in [0.15, 0.2) is 0 Å². The van der Waals surface area contributed by atoms with Crippen molar-refractivity contribution in [1.29, 1.82) is 0 Å². The molecule has 0 heterocycles. The molecule has 0 atom stereocenters. The van der Waals surface area contributed by atoms with E-state index in [1.807, 2.05) is 13.8 Å². The molecule has 0 aromatic heterocycles. The van der Waals surface area contributed by atoms with Crippen LogP contribution < -0.4 is 11.1 Å². The average molecular weight is 214 g/mol. The molecule has 0 unspecified atom stereocenters. The van der Waals surface area contributed by atoms with E-state index in [9.17, 15) is 4.79 Å². The Morgan fingerprint density at radius 3 is 2.20 bits per heavy atom. The summed E-state index contributed by atoms with van der Waals surface area (Å²) in [6.07, 6.45) is 2.31. The molecule has 1 amide bonds. The third kappa shape index (κ3) is 8.43. The fraction of sp³-hybridized carbons (Fsp3) is 0.917. The molecule has 3 N–H and O–H groups in total. The fourth-order valence-electron chi connectivity index (χ4n) is 0.987. The second-order valence-electron chi connectivity index (χ2n) is 5.78. The minimum Gasteiger partial charge on any atom is -0.356 e. The molecule has 0 aliphatic rings. The number of hydrogen-bond donors (Lipinski definition) is 2. The SMILES string of the molecule is CCC(C)(C)CNC(=O)CCC(C)(C)N. The number of rotatable bonds is 6. The number of carbonyl (C=O) groups excluding carboxylic acids is 1. The summed E-state index contributed by atoms with van der Waals surface area (Å²) in [5, 5.41) is 2.95. The molecule has 90 valence electrons. The molecule has 0 saturated carbocycles. The molecule has 0 aliphatic heterocycles. The summed E-state index contributed by atoms with van der Waals surface area (Å²) >= 11 is 0. The lowest BCUT2D eigenvalue weighted by atomic mass is 9.90. The Balaban J connectivity index is 3.77. The third-order valence-corrected chi connectivity index (χ3v) is 2.72. The van der Waals surface area contributed by atoms with Crippen LogP contribution in [0.4, 0.5) is 0 Å². The van der Waals surface area contributed by atoms with Gasteiger partial charge in [0.25, 0.3) is 0 Å². The topological polar surface area (TPSA) is 55.1 Å². The summed E-state index contributed by atoms with van der Waals surface area (Å²) in [6.45, 7) is 11.1. The van der Waals surface area contributed by atoms with Crippen molar-refractivity contribution in [3.8, 4) is 0 Å². The maximum Gasteiger partial charge on any atom is 0.220 e. The molecule has 0 radical (unpaired) electrons. The van der Waals surface area contributed by atoms with E-state index in [1.54, 1.807) is 0 Å². The van der Waals surface area contributed by atoms with Crippen molar-refractivity contribution in [2.75, 3.05) is 6.54 Å². The maximum absolute atomic E-state index is 11.5. The standard InChI is InChI=1S/C12H26N2O/c1-6-11(2,3)9-14-10(15)7-8-12(4,5)13/h6-9,13H2,1-5H3,(H,14,15). The number of hydrogen-bond acceptors (Lipinski definition) is 2. The van der Waals surface area contributed by atoms with Crippen LogP contribution in [0.1, 0.15) is 53.9 Å². The number of amides is 1. The Morgan fingerprint density at radius 1 is 1.27 bits per heavy atom. The zero-order valence-corrected chi connectivity index (χ0v) is 10.8. The van der Waals surface area contributed by atoms with E-state index in [2.05, 4.69) is 26.1 Å². The molecule has 0 aromatic rings.